The Morgan fingerprint density at radius 3 is 2.45 bits per heavy atom. The number of pyridine rings is 1. The first kappa shape index (κ1) is 20.5. The minimum Gasteiger partial charge on any atom is -0.484 e. The zero-order valence-electron chi connectivity index (χ0n) is 16.7. The molecule has 0 aliphatic carbocycles. The Balaban J connectivity index is 1.50. The number of hydrazone groups is 1. The number of benzene rings is 1. The molecule has 2 atom stereocenters. The van der Waals surface area contributed by atoms with Crippen molar-refractivity contribution in [2.24, 2.45) is 5.10 Å². The lowest BCUT2D eigenvalue weighted by Crippen LogP contribution is -2.49. The van der Waals surface area contributed by atoms with Crippen LogP contribution in [0.3, 0.4) is 0 Å². The lowest BCUT2D eigenvalue weighted by Gasteiger charge is -2.38. The quantitative estimate of drug-likeness (QED) is 0.603. The van der Waals surface area contributed by atoms with Gasteiger partial charge in [0.25, 0.3) is 11.8 Å². The van der Waals surface area contributed by atoms with Gasteiger partial charge in [0, 0.05) is 30.0 Å². The van der Waals surface area contributed by atoms with E-state index < -0.39 is 0 Å². The number of piperidine rings is 1. The molecule has 1 fully saturated rings. The van der Waals surface area contributed by atoms with Crippen molar-refractivity contribution in [3.63, 3.8) is 0 Å². The van der Waals surface area contributed by atoms with Crippen molar-refractivity contribution in [3.05, 3.63) is 59.9 Å². The van der Waals surface area contributed by atoms with Crippen LogP contribution in [-0.4, -0.2) is 46.6 Å². The largest absolute Gasteiger partial charge is 0.484 e. The number of rotatable bonds is 6. The fraction of sp³-hybridized carbons (Fsp3) is 0.364. The van der Waals surface area contributed by atoms with Crippen LogP contribution < -0.4 is 10.2 Å². The molecule has 29 heavy (non-hydrogen) atoms. The monoisotopic (exact) mass is 394 g/mol. The maximum atomic E-state index is 12.5. The normalized spacial score (nSPS) is 19.2. The van der Waals surface area contributed by atoms with E-state index in [1.807, 2.05) is 4.90 Å². The number of aromatic nitrogens is 1. The number of hydrogen-bond donors (Lipinski definition) is 1. The molecule has 1 saturated heterocycles. The highest BCUT2D eigenvalue weighted by Crippen LogP contribution is 2.23. The second kappa shape index (κ2) is 9.82. The summed E-state index contributed by atoms with van der Waals surface area (Å²) >= 11 is 0. The highest BCUT2D eigenvalue weighted by atomic mass is 16.5. The Morgan fingerprint density at radius 2 is 1.79 bits per heavy atom. The number of carbonyl (C=O) groups is 2. The van der Waals surface area contributed by atoms with Crippen LogP contribution in [-0.2, 0) is 4.79 Å². The van der Waals surface area contributed by atoms with Crippen LogP contribution in [0.15, 0.2) is 53.9 Å². The van der Waals surface area contributed by atoms with Gasteiger partial charge in [-0.3, -0.25) is 14.6 Å². The Bertz CT molecular complexity index is 842. The van der Waals surface area contributed by atoms with Gasteiger partial charge in [0.1, 0.15) is 5.75 Å². The summed E-state index contributed by atoms with van der Waals surface area (Å²) in [4.78, 5) is 30.5. The van der Waals surface area contributed by atoms with Gasteiger partial charge < -0.3 is 9.64 Å². The van der Waals surface area contributed by atoms with Gasteiger partial charge in [-0.25, -0.2) is 5.43 Å². The summed E-state index contributed by atoms with van der Waals surface area (Å²) in [5.74, 6) is 0.221. The molecule has 1 N–H and O–H groups in total. The lowest BCUT2D eigenvalue weighted by atomic mass is 9.97. The van der Waals surface area contributed by atoms with Crippen molar-refractivity contribution in [2.75, 3.05) is 6.61 Å². The van der Waals surface area contributed by atoms with Gasteiger partial charge >= 0.3 is 0 Å². The molecule has 0 saturated carbocycles. The number of ether oxygens (including phenoxy) is 1. The average molecular weight is 394 g/mol. The predicted molar refractivity (Wildman–Crippen MR) is 111 cm³/mol. The van der Waals surface area contributed by atoms with Crippen LogP contribution in [0.5, 0.6) is 5.75 Å². The molecule has 1 aromatic carbocycles. The number of hydrogen-bond acceptors (Lipinski definition) is 5. The van der Waals surface area contributed by atoms with Crippen LogP contribution in [0.4, 0.5) is 0 Å². The fourth-order valence-electron chi connectivity index (χ4n) is 3.51. The van der Waals surface area contributed by atoms with E-state index >= 15 is 0 Å². The van der Waals surface area contributed by atoms with Gasteiger partial charge in [0.15, 0.2) is 6.61 Å². The van der Waals surface area contributed by atoms with E-state index in [0.717, 1.165) is 24.8 Å². The van der Waals surface area contributed by atoms with E-state index in [1.165, 1.54) is 0 Å². The second-order valence-corrected chi connectivity index (χ2v) is 7.22. The van der Waals surface area contributed by atoms with Crippen molar-refractivity contribution in [1.29, 1.82) is 0 Å². The molecule has 0 unspecified atom stereocenters. The lowest BCUT2D eigenvalue weighted by molar-refractivity contribution is -0.139. The van der Waals surface area contributed by atoms with Crippen LogP contribution in [0.1, 0.15) is 49.0 Å². The van der Waals surface area contributed by atoms with Crippen LogP contribution in [0.25, 0.3) is 0 Å². The predicted octanol–water partition coefficient (Wildman–Crippen LogP) is 3.01. The molecular formula is C22H26N4O3. The molecule has 1 aliphatic heterocycles. The molecule has 0 bridgehead atoms. The van der Waals surface area contributed by atoms with Gasteiger partial charge in [0.05, 0.1) is 6.21 Å². The summed E-state index contributed by atoms with van der Waals surface area (Å²) < 4.78 is 5.63. The highest BCUT2D eigenvalue weighted by molar-refractivity contribution is 5.95. The Hall–Kier alpha value is -3.22. The SMILES string of the molecule is C[C@@H]1CCC[C@H](C)N1C(=O)COc1ccc(C(=O)N/N=C\c2ccncc2)cc1. The van der Waals surface area contributed by atoms with Crippen molar-refractivity contribution in [2.45, 2.75) is 45.2 Å². The summed E-state index contributed by atoms with van der Waals surface area (Å²) in [5.41, 5.74) is 3.77. The Kier molecular flexibility index (Phi) is 6.94. The van der Waals surface area contributed by atoms with E-state index in [2.05, 4.69) is 29.4 Å². The first-order chi connectivity index (χ1) is 14.0. The molecule has 3 rings (SSSR count). The molecule has 0 spiro atoms. The molecule has 2 aromatic rings. The fourth-order valence-corrected chi connectivity index (χ4v) is 3.51. The molecule has 2 amide bonds. The molecule has 7 nitrogen and oxygen atoms in total. The van der Waals surface area contributed by atoms with Gasteiger partial charge in [-0.15, -0.1) is 0 Å². The molecule has 7 heteroatoms. The zero-order chi connectivity index (χ0) is 20.6. The highest BCUT2D eigenvalue weighted by Gasteiger charge is 2.28. The van der Waals surface area contributed by atoms with E-state index in [-0.39, 0.29) is 30.5 Å². The molecule has 1 aliphatic rings. The van der Waals surface area contributed by atoms with Crippen molar-refractivity contribution in [1.82, 2.24) is 15.3 Å². The van der Waals surface area contributed by atoms with E-state index in [1.54, 1.807) is 55.0 Å². The summed E-state index contributed by atoms with van der Waals surface area (Å²) in [6.45, 7) is 4.16. The molecule has 1 aromatic heterocycles. The second-order valence-electron chi connectivity index (χ2n) is 7.22. The van der Waals surface area contributed by atoms with Crippen LogP contribution in [0.2, 0.25) is 0 Å². The summed E-state index contributed by atoms with van der Waals surface area (Å²) in [5, 5.41) is 3.93. The molecule has 0 radical (unpaired) electrons. The number of nitrogens with one attached hydrogen (secondary N) is 1. The maximum absolute atomic E-state index is 12.5. The van der Waals surface area contributed by atoms with Gasteiger partial charge in [-0.1, -0.05) is 0 Å². The smallest absolute Gasteiger partial charge is 0.271 e. The summed E-state index contributed by atoms with van der Waals surface area (Å²) in [6.07, 6.45) is 8.07. The molecule has 2 heterocycles. The van der Waals surface area contributed by atoms with E-state index in [4.69, 9.17) is 4.74 Å². The maximum Gasteiger partial charge on any atom is 0.271 e. The first-order valence-electron chi connectivity index (χ1n) is 9.82. The van der Waals surface area contributed by atoms with Crippen molar-refractivity contribution >= 4 is 18.0 Å². The summed E-state index contributed by atoms with van der Waals surface area (Å²) in [7, 11) is 0. The number of likely N-dealkylation sites (tertiary alicyclic amines) is 1. The van der Waals surface area contributed by atoms with Crippen LogP contribution >= 0.6 is 0 Å². The van der Waals surface area contributed by atoms with Gasteiger partial charge in [-0.2, -0.15) is 5.10 Å². The topological polar surface area (TPSA) is 83.9 Å². The van der Waals surface area contributed by atoms with E-state index in [0.29, 0.717) is 11.3 Å². The zero-order valence-corrected chi connectivity index (χ0v) is 16.7. The van der Waals surface area contributed by atoms with Crippen molar-refractivity contribution < 1.29 is 14.3 Å². The number of amides is 2. The van der Waals surface area contributed by atoms with Gasteiger partial charge in [-0.05, 0) is 75.1 Å². The average Bonchev–Trinajstić information content (AvgIpc) is 2.73. The third kappa shape index (κ3) is 5.63. The first-order valence-corrected chi connectivity index (χ1v) is 9.82. The Labute approximate surface area is 170 Å². The van der Waals surface area contributed by atoms with Crippen molar-refractivity contribution in [3.8, 4) is 5.75 Å². The van der Waals surface area contributed by atoms with E-state index in [9.17, 15) is 9.59 Å². The molecule has 152 valence electrons. The Morgan fingerprint density at radius 1 is 1.14 bits per heavy atom. The standard InChI is InChI=1S/C22H26N4O3/c1-16-4-3-5-17(2)26(16)21(27)15-29-20-8-6-19(7-9-20)22(28)25-24-14-18-10-12-23-13-11-18/h6-14,16-17H,3-5,15H2,1-2H3,(H,25,28)/b24-14-/t16-,17+. The summed E-state index contributed by atoms with van der Waals surface area (Å²) in [6, 6.07) is 10.7. The van der Waals surface area contributed by atoms with Gasteiger partial charge in [0.2, 0.25) is 0 Å². The van der Waals surface area contributed by atoms with Crippen LogP contribution in [0, 0.1) is 0 Å². The minimum absolute atomic E-state index is 0.00281. The molecular weight excluding hydrogens is 368 g/mol. The number of carbonyl (C=O) groups excluding carboxylic acids is 2. The minimum atomic E-state index is -0.325. The number of nitrogens with zero attached hydrogens (tertiary/aromatic N) is 3. The third-order valence-electron chi connectivity index (χ3n) is 5.05. The third-order valence-corrected chi connectivity index (χ3v) is 5.05.